The van der Waals surface area contributed by atoms with Crippen LogP contribution in [0.2, 0.25) is 5.02 Å². The van der Waals surface area contributed by atoms with Crippen molar-refractivity contribution < 1.29 is 14.3 Å². The molecule has 0 unspecified atom stereocenters. The van der Waals surface area contributed by atoms with Crippen molar-refractivity contribution in [2.24, 2.45) is 5.10 Å². The summed E-state index contributed by atoms with van der Waals surface area (Å²) in [5.41, 5.74) is 0.651. The predicted octanol–water partition coefficient (Wildman–Crippen LogP) is 4.75. The van der Waals surface area contributed by atoms with Gasteiger partial charge in [0.15, 0.2) is 11.5 Å². The molecule has 3 rings (SSSR count). The highest BCUT2D eigenvalue weighted by molar-refractivity contribution is 9.10. The van der Waals surface area contributed by atoms with E-state index >= 15 is 0 Å². The number of hydrogen-bond donors (Lipinski definition) is 0. The van der Waals surface area contributed by atoms with Crippen LogP contribution in [0.3, 0.4) is 0 Å². The molecular formula is C21H19BrClN3O4. The molecule has 0 aliphatic heterocycles. The van der Waals surface area contributed by atoms with Crippen molar-refractivity contribution in [2.75, 3.05) is 7.11 Å². The molecule has 0 saturated carbocycles. The van der Waals surface area contributed by atoms with E-state index in [0.29, 0.717) is 27.3 Å². The zero-order valence-electron chi connectivity index (χ0n) is 16.8. The highest BCUT2D eigenvalue weighted by atomic mass is 79.9. The molecule has 156 valence electrons. The highest BCUT2D eigenvalue weighted by Gasteiger charge is 2.16. The summed E-state index contributed by atoms with van der Waals surface area (Å²) in [5, 5.41) is 5.15. The molecule has 0 fully saturated rings. The second-order valence-electron chi connectivity index (χ2n) is 6.77. The van der Waals surface area contributed by atoms with Crippen LogP contribution in [0.5, 0.6) is 11.5 Å². The van der Waals surface area contributed by atoms with E-state index in [4.69, 9.17) is 21.1 Å². The SMILES string of the molecule is COc1cc(Cl)cc(C=Nn2c(C(C)C)nc3ccc(Br)cc3c2=O)c1OC(C)=O. The second kappa shape index (κ2) is 8.97. The van der Waals surface area contributed by atoms with E-state index in [-0.39, 0.29) is 23.0 Å². The molecule has 0 aliphatic carbocycles. The summed E-state index contributed by atoms with van der Waals surface area (Å²) in [6.45, 7) is 5.12. The van der Waals surface area contributed by atoms with E-state index in [9.17, 15) is 9.59 Å². The van der Waals surface area contributed by atoms with Crippen molar-refractivity contribution in [2.45, 2.75) is 26.7 Å². The first-order valence-corrected chi connectivity index (χ1v) is 10.2. The van der Waals surface area contributed by atoms with Gasteiger partial charge in [0, 0.05) is 34.0 Å². The Morgan fingerprint density at radius 1 is 1.30 bits per heavy atom. The molecule has 1 heterocycles. The Morgan fingerprint density at radius 3 is 2.67 bits per heavy atom. The van der Waals surface area contributed by atoms with Gasteiger partial charge in [0.2, 0.25) is 0 Å². The van der Waals surface area contributed by atoms with Gasteiger partial charge in [0.1, 0.15) is 5.82 Å². The Morgan fingerprint density at radius 2 is 2.03 bits per heavy atom. The Balaban J connectivity index is 2.22. The quantitative estimate of drug-likeness (QED) is 0.291. The number of benzene rings is 2. The maximum Gasteiger partial charge on any atom is 0.308 e. The molecule has 0 N–H and O–H groups in total. The summed E-state index contributed by atoms with van der Waals surface area (Å²) >= 11 is 9.54. The minimum absolute atomic E-state index is 0.0651. The number of hydrogen-bond acceptors (Lipinski definition) is 6. The van der Waals surface area contributed by atoms with Crippen LogP contribution < -0.4 is 15.0 Å². The number of ether oxygens (including phenoxy) is 2. The highest BCUT2D eigenvalue weighted by Crippen LogP contribution is 2.34. The minimum atomic E-state index is -0.525. The first-order chi connectivity index (χ1) is 14.2. The average molecular weight is 493 g/mol. The molecular weight excluding hydrogens is 474 g/mol. The number of fused-ring (bicyclic) bond motifs is 1. The summed E-state index contributed by atoms with van der Waals surface area (Å²) in [4.78, 5) is 29.3. The lowest BCUT2D eigenvalue weighted by atomic mass is 10.2. The molecule has 0 spiro atoms. The van der Waals surface area contributed by atoms with Gasteiger partial charge in [0.05, 0.1) is 24.2 Å². The van der Waals surface area contributed by atoms with Crippen molar-refractivity contribution in [3.05, 3.63) is 61.6 Å². The Labute approximate surface area is 186 Å². The summed E-state index contributed by atoms with van der Waals surface area (Å²) in [7, 11) is 1.44. The Hall–Kier alpha value is -2.71. The second-order valence-corrected chi connectivity index (χ2v) is 8.12. The van der Waals surface area contributed by atoms with E-state index in [1.165, 1.54) is 31.0 Å². The van der Waals surface area contributed by atoms with Gasteiger partial charge in [0.25, 0.3) is 5.56 Å². The third-order valence-corrected chi connectivity index (χ3v) is 4.89. The molecule has 7 nitrogen and oxygen atoms in total. The first-order valence-electron chi connectivity index (χ1n) is 9.03. The molecule has 0 amide bonds. The fourth-order valence-electron chi connectivity index (χ4n) is 2.86. The van der Waals surface area contributed by atoms with Crippen molar-refractivity contribution in [3.8, 4) is 11.5 Å². The minimum Gasteiger partial charge on any atom is -0.493 e. The zero-order valence-corrected chi connectivity index (χ0v) is 19.1. The maximum atomic E-state index is 13.1. The predicted molar refractivity (Wildman–Crippen MR) is 120 cm³/mol. The van der Waals surface area contributed by atoms with Crippen molar-refractivity contribution in [3.63, 3.8) is 0 Å². The van der Waals surface area contributed by atoms with Crippen molar-refractivity contribution in [1.82, 2.24) is 9.66 Å². The van der Waals surface area contributed by atoms with Crippen LogP contribution in [-0.2, 0) is 4.79 Å². The fraction of sp³-hybridized carbons (Fsp3) is 0.238. The van der Waals surface area contributed by atoms with Crippen LogP contribution in [0.25, 0.3) is 10.9 Å². The topological polar surface area (TPSA) is 82.8 Å². The van der Waals surface area contributed by atoms with E-state index in [2.05, 4.69) is 26.0 Å². The monoisotopic (exact) mass is 491 g/mol. The normalized spacial score (nSPS) is 11.4. The average Bonchev–Trinajstić information content (AvgIpc) is 2.68. The van der Waals surface area contributed by atoms with Gasteiger partial charge in [-0.25, -0.2) is 4.98 Å². The first kappa shape index (κ1) is 22.0. The van der Waals surface area contributed by atoms with Crippen molar-refractivity contribution in [1.29, 1.82) is 0 Å². The molecule has 3 aromatic rings. The van der Waals surface area contributed by atoms with Gasteiger partial charge in [-0.2, -0.15) is 9.78 Å². The van der Waals surface area contributed by atoms with E-state index in [1.54, 1.807) is 18.2 Å². The molecule has 9 heteroatoms. The van der Waals surface area contributed by atoms with Crippen LogP contribution in [0.15, 0.2) is 44.7 Å². The van der Waals surface area contributed by atoms with Crippen LogP contribution in [0.4, 0.5) is 0 Å². The number of carbonyl (C=O) groups is 1. The lowest BCUT2D eigenvalue weighted by molar-refractivity contribution is -0.132. The van der Waals surface area contributed by atoms with Gasteiger partial charge in [-0.1, -0.05) is 41.4 Å². The number of halogens is 2. The Bertz CT molecular complexity index is 1220. The number of rotatable bonds is 5. The molecule has 0 saturated heterocycles. The molecule has 0 bridgehead atoms. The summed E-state index contributed by atoms with van der Waals surface area (Å²) < 4.78 is 12.6. The third-order valence-electron chi connectivity index (χ3n) is 4.18. The molecule has 0 radical (unpaired) electrons. The van der Waals surface area contributed by atoms with Crippen LogP contribution in [-0.4, -0.2) is 29.0 Å². The van der Waals surface area contributed by atoms with Crippen molar-refractivity contribution >= 4 is 50.6 Å². The number of methoxy groups -OCH3 is 1. The lowest BCUT2D eigenvalue weighted by Gasteiger charge is -2.13. The standard InChI is InChI=1S/C21H19BrClN3O4/c1-11(2)20-25-17-6-5-14(22)8-16(17)21(28)26(20)24-10-13-7-15(23)9-18(29-4)19(13)30-12(3)27/h5-11H,1-4H3. The van der Waals surface area contributed by atoms with Crippen LogP contribution >= 0.6 is 27.5 Å². The maximum absolute atomic E-state index is 13.1. The van der Waals surface area contributed by atoms with Gasteiger partial charge in [-0.15, -0.1) is 0 Å². The molecule has 30 heavy (non-hydrogen) atoms. The van der Waals surface area contributed by atoms with Crippen LogP contribution in [0, 0.1) is 0 Å². The summed E-state index contributed by atoms with van der Waals surface area (Å²) in [6, 6.07) is 8.40. The molecule has 0 atom stereocenters. The fourth-order valence-corrected chi connectivity index (χ4v) is 3.44. The summed E-state index contributed by atoms with van der Waals surface area (Å²) in [5.74, 6) is 0.339. The molecule has 0 aliphatic rings. The van der Waals surface area contributed by atoms with Gasteiger partial charge in [-0.3, -0.25) is 9.59 Å². The van der Waals surface area contributed by atoms with E-state index < -0.39 is 5.97 Å². The molecule has 2 aromatic carbocycles. The molecule has 1 aromatic heterocycles. The smallest absolute Gasteiger partial charge is 0.308 e. The van der Waals surface area contributed by atoms with Gasteiger partial charge < -0.3 is 9.47 Å². The van der Waals surface area contributed by atoms with Crippen LogP contribution in [0.1, 0.15) is 38.1 Å². The third kappa shape index (κ3) is 4.55. The van der Waals surface area contributed by atoms with Gasteiger partial charge in [-0.05, 0) is 24.3 Å². The lowest BCUT2D eigenvalue weighted by Crippen LogP contribution is -2.23. The number of esters is 1. The van der Waals surface area contributed by atoms with E-state index in [1.807, 2.05) is 19.9 Å². The zero-order chi connectivity index (χ0) is 22.0. The largest absolute Gasteiger partial charge is 0.493 e. The Kier molecular flexibility index (Phi) is 6.58. The summed E-state index contributed by atoms with van der Waals surface area (Å²) in [6.07, 6.45) is 1.39. The number of nitrogens with zero attached hydrogens (tertiary/aromatic N) is 3. The number of aromatic nitrogens is 2. The van der Waals surface area contributed by atoms with E-state index in [0.717, 1.165) is 4.47 Å². The van der Waals surface area contributed by atoms with Gasteiger partial charge >= 0.3 is 5.97 Å². The number of carbonyl (C=O) groups excluding carboxylic acids is 1.